The van der Waals surface area contributed by atoms with Gasteiger partial charge in [-0.3, -0.25) is 4.57 Å². The van der Waals surface area contributed by atoms with Crippen molar-refractivity contribution in [3.05, 3.63) is 188 Å². The van der Waals surface area contributed by atoms with Crippen LogP contribution in [-0.4, -0.2) is 14.5 Å². The van der Waals surface area contributed by atoms with Crippen LogP contribution in [0.3, 0.4) is 0 Å². The maximum atomic E-state index is 5.65. The van der Waals surface area contributed by atoms with Crippen LogP contribution in [0.5, 0.6) is 0 Å². The zero-order valence-corrected chi connectivity index (χ0v) is 29.7. The van der Waals surface area contributed by atoms with E-state index in [1.807, 2.05) is 0 Å². The van der Waals surface area contributed by atoms with E-state index in [0.717, 1.165) is 55.5 Å². The van der Waals surface area contributed by atoms with E-state index in [4.69, 9.17) is 9.97 Å². The molecule has 12 rings (SSSR count). The first kappa shape index (κ1) is 30.1. The molecule has 2 aromatic heterocycles. The van der Waals surface area contributed by atoms with Gasteiger partial charge in [0, 0.05) is 32.5 Å². The smallest absolute Gasteiger partial charge is 0.165 e. The molecule has 0 aliphatic rings. The largest absolute Gasteiger partial charge is 0.291 e. The number of fused-ring (bicyclic) bond motifs is 15. The third kappa shape index (κ3) is 4.38. The molecule has 0 atom stereocenters. The lowest BCUT2D eigenvalue weighted by Crippen LogP contribution is -2.04. The van der Waals surface area contributed by atoms with Crippen LogP contribution < -0.4 is 0 Å². The summed E-state index contributed by atoms with van der Waals surface area (Å²) in [5.41, 5.74) is 8.17. The highest BCUT2D eigenvalue weighted by atomic mass is 15.1. The molecule has 0 unspecified atom stereocenters. The Morgan fingerprint density at radius 3 is 1.69 bits per heavy atom. The van der Waals surface area contributed by atoms with Crippen molar-refractivity contribution in [2.24, 2.45) is 0 Å². The van der Waals surface area contributed by atoms with E-state index in [2.05, 4.69) is 193 Å². The first-order valence-electron chi connectivity index (χ1n) is 18.8. The van der Waals surface area contributed by atoms with E-state index < -0.39 is 0 Å². The second-order valence-corrected chi connectivity index (χ2v) is 14.5. The van der Waals surface area contributed by atoms with Crippen molar-refractivity contribution in [1.29, 1.82) is 0 Å². The third-order valence-corrected chi connectivity index (χ3v) is 11.5. The third-order valence-electron chi connectivity index (χ3n) is 11.5. The highest BCUT2D eigenvalue weighted by Crippen LogP contribution is 2.46. The van der Waals surface area contributed by atoms with Crippen LogP contribution in [0.1, 0.15) is 0 Å². The minimum absolute atomic E-state index is 0.814. The maximum absolute atomic E-state index is 5.65. The fraction of sp³-hybridized carbons (Fsp3) is 0. The molecular weight excluding hydrogens is 667 g/mol. The minimum Gasteiger partial charge on any atom is -0.291 e. The zero-order chi connectivity index (χ0) is 36.0. The summed E-state index contributed by atoms with van der Waals surface area (Å²) in [4.78, 5) is 11.3. The highest BCUT2D eigenvalue weighted by Gasteiger charge is 2.24. The standard InChI is InChI=1S/C52H31N3/c1-2-13-32(14-3-1)35-17-12-18-36(31-35)49-52(53-45-29-26-33-15-4-6-19-37(33)50(45)54-49)55-46-30-28-43-41-23-9-8-21-39(41)40-22-10-11-24-42(40)47(43)48(46)44-27-25-34-16-5-7-20-38(34)51(44)55/h1-31H. The molecular formula is C52H31N3. The molecule has 0 aliphatic heterocycles. The van der Waals surface area contributed by atoms with Crippen LogP contribution in [0.2, 0.25) is 0 Å². The normalized spacial score (nSPS) is 12.0. The van der Waals surface area contributed by atoms with Crippen LogP contribution in [0.4, 0.5) is 0 Å². The molecule has 10 aromatic carbocycles. The summed E-state index contributed by atoms with van der Waals surface area (Å²) in [5, 5.41) is 14.6. The predicted octanol–water partition coefficient (Wildman–Crippen LogP) is 13.8. The summed E-state index contributed by atoms with van der Waals surface area (Å²) in [6.45, 7) is 0. The lowest BCUT2D eigenvalue weighted by atomic mass is 9.91. The Labute approximate surface area is 316 Å². The van der Waals surface area contributed by atoms with Crippen LogP contribution in [0.15, 0.2) is 188 Å². The predicted molar refractivity (Wildman–Crippen MR) is 232 cm³/mol. The molecule has 3 nitrogen and oxygen atoms in total. The number of rotatable bonds is 3. The Bertz CT molecular complexity index is 3510. The lowest BCUT2D eigenvalue weighted by Gasteiger charge is -2.16. The SMILES string of the molecule is c1ccc(-c2cccc(-c3nc4c(ccc5ccccc54)nc3-n3c4ccc5c6ccccc6c6ccccc6c5c4c4ccc5ccccc5c43)c2)cc1. The van der Waals surface area contributed by atoms with E-state index in [-0.39, 0.29) is 0 Å². The number of benzene rings is 10. The number of nitrogens with zero attached hydrogens (tertiary/aromatic N) is 3. The Hall–Kier alpha value is -7.36. The molecule has 0 aliphatic carbocycles. The van der Waals surface area contributed by atoms with Gasteiger partial charge in [-0.1, -0.05) is 170 Å². The topological polar surface area (TPSA) is 30.7 Å². The van der Waals surface area contributed by atoms with Crippen molar-refractivity contribution < 1.29 is 0 Å². The van der Waals surface area contributed by atoms with Gasteiger partial charge in [0.2, 0.25) is 0 Å². The summed E-state index contributed by atoms with van der Waals surface area (Å²) >= 11 is 0. The van der Waals surface area contributed by atoms with Gasteiger partial charge in [-0.2, -0.15) is 0 Å². The first-order valence-corrected chi connectivity index (χ1v) is 18.8. The lowest BCUT2D eigenvalue weighted by molar-refractivity contribution is 1.08. The van der Waals surface area contributed by atoms with Crippen molar-refractivity contribution in [2.75, 3.05) is 0 Å². The molecule has 0 saturated heterocycles. The van der Waals surface area contributed by atoms with Gasteiger partial charge < -0.3 is 0 Å². The average Bonchev–Trinajstić information content (AvgIpc) is 3.61. The Balaban J connectivity index is 1.29. The molecule has 55 heavy (non-hydrogen) atoms. The van der Waals surface area contributed by atoms with Gasteiger partial charge in [0.05, 0.1) is 22.1 Å². The van der Waals surface area contributed by atoms with Crippen molar-refractivity contribution in [2.45, 2.75) is 0 Å². The quantitative estimate of drug-likeness (QED) is 0.172. The second kappa shape index (κ2) is 11.6. The van der Waals surface area contributed by atoms with Crippen LogP contribution in [0.25, 0.3) is 115 Å². The van der Waals surface area contributed by atoms with E-state index in [9.17, 15) is 0 Å². The van der Waals surface area contributed by atoms with Gasteiger partial charge in [-0.25, -0.2) is 9.97 Å². The fourth-order valence-corrected chi connectivity index (χ4v) is 9.09. The number of hydrogen-bond donors (Lipinski definition) is 0. The summed E-state index contributed by atoms with van der Waals surface area (Å²) in [6, 6.07) is 67.8. The second-order valence-electron chi connectivity index (χ2n) is 14.5. The molecule has 0 spiro atoms. The summed E-state index contributed by atoms with van der Waals surface area (Å²) in [7, 11) is 0. The highest BCUT2D eigenvalue weighted by molar-refractivity contribution is 6.36. The first-order chi connectivity index (χ1) is 27.3. The molecule has 254 valence electrons. The van der Waals surface area contributed by atoms with Gasteiger partial charge in [0.15, 0.2) is 5.82 Å². The van der Waals surface area contributed by atoms with E-state index >= 15 is 0 Å². The molecule has 0 fully saturated rings. The number of hydrogen-bond acceptors (Lipinski definition) is 2. The van der Waals surface area contributed by atoms with Crippen molar-refractivity contribution in [1.82, 2.24) is 14.5 Å². The van der Waals surface area contributed by atoms with Crippen molar-refractivity contribution in [3.8, 4) is 28.2 Å². The molecule has 12 aromatic rings. The maximum Gasteiger partial charge on any atom is 0.165 e. The number of aromatic nitrogens is 3. The molecule has 0 amide bonds. The Morgan fingerprint density at radius 2 is 0.909 bits per heavy atom. The average molecular weight is 698 g/mol. The van der Waals surface area contributed by atoms with Gasteiger partial charge >= 0.3 is 0 Å². The van der Waals surface area contributed by atoms with Crippen molar-refractivity contribution in [3.63, 3.8) is 0 Å². The van der Waals surface area contributed by atoms with E-state index in [1.54, 1.807) is 0 Å². The minimum atomic E-state index is 0.814. The Kier molecular flexibility index (Phi) is 6.34. The van der Waals surface area contributed by atoms with Crippen LogP contribution in [0, 0.1) is 0 Å². The fourth-order valence-electron chi connectivity index (χ4n) is 9.09. The van der Waals surface area contributed by atoms with Crippen LogP contribution in [-0.2, 0) is 0 Å². The van der Waals surface area contributed by atoms with E-state index in [1.165, 1.54) is 59.4 Å². The van der Waals surface area contributed by atoms with Gasteiger partial charge in [0.25, 0.3) is 0 Å². The summed E-state index contributed by atoms with van der Waals surface area (Å²) in [5.74, 6) is 0.814. The molecule has 0 N–H and O–H groups in total. The molecule has 3 heteroatoms. The van der Waals surface area contributed by atoms with Gasteiger partial charge in [0.1, 0.15) is 5.69 Å². The molecule has 2 heterocycles. The molecule has 0 radical (unpaired) electrons. The Morgan fingerprint density at radius 1 is 0.345 bits per heavy atom. The van der Waals surface area contributed by atoms with Crippen molar-refractivity contribution >= 4 is 86.7 Å². The summed E-state index contributed by atoms with van der Waals surface area (Å²) < 4.78 is 2.41. The zero-order valence-electron chi connectivity index (χ0n) is 29.7. The summed E-state index contributed by atoms with van der Waals surface area (Å²) in [6.07, 6.45) is 0. The molecule has 0 bridgehead atoms. The van der Waals surface area contributed by atoms with Gasteiger partial charge in [-0.05, 0) is 67.0 Å². The van der Waals surface area contributed by atoms with E-state index in [0.29, 0.717) is 0 Å². The monoisotopic (exact) mass is 697 g/mol. The van der Waals surface area contributed by atoms with Gasteiger partial charge in [-0.15, -0.1) is 0 Å². The van der Waals surface area contributed by atoms with Crippen LogP contribution >= 0.6 is 0 Å². The molecule has 0 saturated carbocycles.